The van der Waals surface area contributed by atoms with Crippen molar-refractivity contribution in [1.82, 2.24) is 5.32 Å². The van der Waals surface area contributed by atoms with Gasteiger partial charge < -0.3 is 5.32 Å². The Labute approximate surface area is 70.9 Å². The normalized spacial score (nSPS) is 11.1. The van der Waals surface area contributed by atoms with Crippen LogP contribution >= 0.6 is 0 Å². The second-order valence-electron chi connectivity index (χ2n) is 2.80. The maximum atomic E-state index is 3.36. The molecule has 0 aromatic carbocycles. The monoisotopic (exact) mass is 155 g/mol. The van der Waals surface area contributed by atoms with Crippen molar-refractivity contribution in [2.24, 2.45) is 0 Å². The molecule has 1 nitrogen and oxygen atoms in total. The number of allylic oxidation sites excluding steroid dienone is 1. The zero-order valence-corrected chi connectivity index (χ0v) is 7.90. The van der Waals surface area contributed by atoms with E-state index in [0.29, 0.717) is 0 Å². The fourth-order valence-corrected chi connectivity index (χ4v) is 0.890. The molecule has 0 radical (unpaired) electrons. The Morgan fingerprint density at radius 3 is 2.27 bits per heavy atom. The molecule has 0 heterocycles. The lowest BCUT2D eigenvalue weighted by Gasteiger charge is -1.97. The summed E-state index contributed by atoms with van der Waals surface area (Å²) in [6.07, 6.45) is 9.45. The minimum atomic E-state index is 1.13. The Hall–Kier alpha value is -0.300. The van der Waals surface area contributed by atoms with Crippen LogP contribution in [0.4, 0.5) is 0 Å². The van der Waals surface area contributed by atoms with Crippen molar-refractivity contribution in [3.05, 3.63) is 12.2 Å². The first-order valence-electron chi connectivity index (χ1n) is 4.77. The number of unbranched alkanes of at least 4 members (excludes halogenated alkanes) is 1. The third-order valence-corrected chi connectivity index (χ3v) is 1.54. The van der Waals surface area contributed by atoms with Crippen molar-refractivity contribution in [3.63, 3.8) is 0 Å². The maximum absolute atomic E-state index is 3.36. The first kappa shape index (κ1) is 10.7. The molecule has 0 aromatic heterocycles. The van der Waals surface area contributed by atoms with Crippen LogP contribution < -0.4 is 5.32 Å². The molecule has 0 atom stereocenters. The largest absolute Gasteiger partial charge is 0.316 e. The van der Waals surface area contributed by atoms with E-state index in [9.17, 15) is 0 Å². The van der Waals surface area contributed by atoms with Gasteiger partial charge in [0, 0.05) is 0 Å². The summed E-state index contributed by atoms with van der Waals surface area (Å²) in [5, 5.41) is 3.36. The van der Waals surface area contributed by atoms with E-state index >= 15 is 0 Å². The maximum Gasteiger partial charge on any atom is -0.00143 e. The molecule has 0 amide bonds. The molecule has 0 rings (SSSR count). The number of rotatable bonds is 7. The highest BCUT2D eigenvalue weighted by molar-refractivity contribution is 4.81. The van der Waals surface area contributed by atoms with Gasteiger partial charge in [-0.3, -0.25) is 0 Å². The van der Waals surface area contributed by atoms with Gasteiger partial charge in [-0.1, -0.05) is 32.4 Å². The Morgan fingerprint density at radius 1 is 0.909 bits per heavy atom. The standard InChI is InChI=1S/C10H21N/c1-3-5-6-7-8-10-11-9-4-2/h6-7,11H,3-5,8-10H2,1-2H3/b7-6-. The van der Waals surface area contributed by atoms with Crippen LogP contribution in [-0.4, -0.2) is 13.1 Å². The molecular weight excluding hydrogens is 134 g/mol. The average molecular weight is 155 g/mol. The summed E-state index contributed by atoms with van der Waals surface area (Å²) >= 11 is 0. The van der Waals surface area contributed by atoms with E-state index in [1.807, 2.05) is 0 Å². The fourth-order valence-electron chi connectivity index (χ4n) is 0.890. The summed E-state index contributed by atoms with van der Waals surface area (Å²) in [6.45, 7) is 6.69. The molecule has 0 saturated heterocycles. The molecule has 0 aliphatic rings. The first-order valence-corrected chi connectivity index (χ1v) is 4.77. The molecule has 66 valence electrons. The van der Waals surface area contributed by atoms with Crippen molar-refractivity contribution in [1.29, 1.82) is 0 Å². The van der Waals surface area contributed by atoms with Crippen LogP contribution in [0.15, 0.2) is 12.2 Å². The summed E-state index contributed by atoms with van der Waals surface area (Å²) in [7, 11) is 0. The van der Waals surface area contributed by atoms with E-state index in [0.717, 1.165) is 13.1 Å². The summed E-state index contributed by atoms with van der Waals surface area (Å²) in [5.74, 6) is 0. The van der Waals surface area contributed by atoms with Crippen molar-refractivity contribution in [2.75, 3.05) is 13.1 Å². The summed E-state index contributed by atoms with van der Waals surface area (Å²) in [5.41, 5.74) is 0. The van der Waals surface area contributed by atoms with Crippen LogP contribution in [-0.2, 0) is 0 Å². The SMILES string of the molecule is CCC/C=C\CCNCCC. The molecule has 0 aliphatic carbocycles. The van der Waals surface area contributed by atoms with E-state index < -0.39 is 0 Å². The average Bonchev–Trinajstić information content (AvgIpc) is 2.03. The Morgan fingerprint density at radius 2 is 1.64 bits per heavy atom. The van der Waals surface area contributed by atoms with Crippen LogP contribution in [0.1, 0.15) is 39.5 Å². The predicted molar refractivity (Wildman–Crippen MR) is 51.8 cm³/mol. The van der Waals surface area contributed by atoms with Crippen LogP contribution in [0.25, 0.3) is 0 Å². The highest BCUT2D eigenvalue weighted by Gasteiger charge is 1.80. The molecule has 0 aromatic rings. The van der Waals surface area contributed by atoms with Crippen molar-refractivity contribution < 1.29 is 0 Å². The Bertz CT molecular complexity index is 86.9. The molecular formula is C10H21N. The van der Waals surface area contributed by atoms with E-state index in [4.69, 9.17) is 0 Å². The molecule has 0 saturated carbocycles. The summed E-state index contributed by atoms with van der Waals surface area (Å²) in [6, 6.07) is 0. The molecule has 0 aliphatic heterocycles. The highest BCUT2D eigenvalue weighted by Crippen LogP contribution is 1.89. The molecule has 0 fully saturated rings. The molecule has 0 bridgehead atoms. The van der Waals surface area contributed by atoms with E-state index in [2.05, 4.69) is 31.3 Å². The van der Waals surface area contributed by atoms with Gasteiger partial charge in [0.25, 0.3) is 0 Å². The number of hydrogen-bond acceptors (Lipinski definition) is 1. The zero-order valence-electron chi connectivity index (χ0n) is 7.90. The second-order valence-corrected chi connectivity index (χ2v) is 2.80. The minimum absolute atomic E-state index is 1.13. The van der Waals surface area contributed by atoms with E-state index in [1.54, 1.807) is 0 Å². The first-order chi connectivity index (χ1) is 5.41. The Balaban J connectivity index is 2.89. The minimum Gasteiger partial charge on any atom is -0.316 e. The lowest BCUT2D eigenvalue weighted by Crippen LogP contribution is -2.14. The molecule has 1 heteroatoms. The van der Waals surface area contributed by atoms with E-state index in [1.165, 1.54) is 25.7 Å². The van der Waals surface area contributed by atoms with Gasteiger partial charge in [0.15, 0.2) is 0 Å². The molecule has 11 heavy (non-hydrogen) atoms. The highest BCUT2D eigenvalue weighted by atomic mass is 14.8. The number of hydrogen-bond donors (Lipinski definition) is 1. The quantitative estimate of drug-likeness (QED) is 0.440. The predicted octanol–water partition coefficient (Wildman–Crippen LogP) is 2.73. The van der Waals surface area contributed by atoms with Crippen molar-refractivity contribution in [2.45, 2.75) is 39.5 Å². The molecule has 0 unspecified atom stereocenters. The van der Waals surface area contributed by atoms with Gasteiger partial charge in [-0.05, 0) is 32.4 Å². The topological polar surface area (TPSA) is 12.0 Å². The van der Waals surface area contributed by atoms with Gasteiger partial charge in [-0.25, -0.2) is 0 Å². The lowest BCUT2D eigenvalue weighted by atomic mass is 10.3. The lowest BCUT2D eigenvalue weighted by molar-refractivity contribution is 0.677. The van der Waals surface area contributed by atoms with Crippen molar-refractivity contribution >= 4 is 0 Å². The zero-order chi connectivity index (χ0) is 8.36. The number of nitrogens with one attached hydrogen (secondary N) is 1. The van der Waals surface area contributed by atoms with Crippen molar-refractivity contribution in [3.8, 4) is 0 Å². The summed E-state index contributed by atoms with van der Waals surface area (Å²) < 4.78 is 0. The Kier molecular flexibility index (Phi) is 9.44. The van der Waals surface area contributed by atoms with Crippen LogP contribution in [0.3, 0.4) is 0 Å². The molecule has 1 N–H and O–H groups in total. The van der Waals surface area contributed by atoms with Crippen LogP contribution in [0.5, 0.6) is 0 Å². The van der Waals surface area contributed by atoms with Gasteiger partial charge in [0.2, 0.25) is 0 Å². The van der Waals surface area contributed by atoms with Crippen LogP contribution in [0, 0.1) is 0 Å². The molecule has 0 spiro atoms. The van der Waals surface area contributed by atoms with Gasteiger partial charge in [-0.2, -0.15) is 0 Å². The van der Waals surface area contributed by atoms with Gasteiger partial charge >= 0.3 is 0 Å². The third-order valence-electron chi connectivity index (χ3n) is 1.54. The fraction of sp³-hybridized carbons (Fsp3) is 0.800. The second kappa shape index (κ2) is 9.70. The third kappa shape index (κ3) is 9.70. The van der Waals surface area contributed by atoms with E-state index in [-0.39, 0.29) is 0 Å². The van der Waals surface area contributed by atoms with Gasteiger partial charge in [-0.15, -0.1) is 0 Å². The van der Waals surface area contributed by atoms with Gasteiger partial charge in [0.05, 0.1) is 0 Å². The smallest absolute Gasteiger partial charge is 0.00143 e. The summed E-state index contributed by atoms with van der Waals surface area (Å²) in [4.78, 5) is 0. The van der Waals surface area contributed by atoms with Crippen LogP contribution in [0.2, 0.25) is 0 Å². The van der Waals surface area contributed by atoms with Gasteiger partial charge in [0.1, 0.15) is 0 Å².